The molecule has 0 aliphatic carbocycles. The van der Waals surface area contributed by atoms with E-state index in [2.05, 4.69) is 10.3 Å². The smallest absolute Gasteiger partial charge is 0.351 e. The quantitative estimate of drug-likeness (QED) is 0.672. The zero-order valence-electron chi connectivity index (χ0n) is 14.0. The molecule has 0 spiro atoms. The first-order chi connectivity index (χ1) is 12.5. The first-order valence-electron chi connectivity index (χ1n) is 7.98. The standard InChI is InChI=1S/C17H19N3O6/c1-25-14-11(9-21)26-16(13(14)22)20-8-7-12(19-17(20)24)18-15(23)10-5-3-2-4-6-10/h2-8,11,13-14,16,21-22H,9H2,1H3,(H,18,19,23,24)/t11-,13-,14+,16-/m1/s1. The molecule has 1 fully saturated rings. The molecule has 1 saturated heterocycles. The van der Waals surface area contributed by atoms with Gasteiger partial charge in [-0.3, -0.25) is 9.36 Å². The predicted octanol–water partition coefficient (Wildman–Crippen LogP) is -0.239. The number of benzene rings is 1. The van der Waals surface area contributed by atoms with Crippen LogP contribution in [-0.2, 0) is 9.47 Å². The minimum absolute atomic E-state index is 0.0783. The molecule has 0 saturated carbocycles. The fourth-order valence-corrected chi connectivity index (χ4v) is 2.84. The zero-order valence-corrected chi connectivity index (χ0v) is 14.0. The summed E-state index contributed by atoms with van der Waals surface area (Å²) in [6.45, 7) is -0.362. The van der Waals surface area contributed by atoms with Gasteiger partial charge < -0.3 is 25.0 Å². The Morgan fingerprint density at radius 1 is 1.35 bits per heavy atom. The van der Waals surface area contributed by atoms with Gasteiger partial charge in [-0.1, -0.05) is 18.2 Å². The van der Waals surface area contributed by atoms with Crippen LogP contribution in [0.4, 0.5) is 5.82 Å². The molecule has 3 N–H and O–H groups in total. The van der Waals surface area contributed by atoms with Crippen molar-refractivity contribution in [2.24, 2.45) is 0 Å². The second kappa shape index (κ2) is 7.75. The van der Waals surface area contributed by atoms with Crippen molar-refractivity contribution in [2.75, 3.05) is 19.0 Å². The largest absolute Gasteiger partial charge is 0.394 e. The lowest BCUT2D eigenvalue weighted by Gasteiger charge is -2.18. The van der Waals surface area contributed by atoms with E-state index < -0.39 is 36.1 Å². The molecule has 1 aromatic heterocycles. The van der Waals surface area contributed by atoms with Gasteiger partial charge in [-0.2, -0.15) is 4.98 Å². The normalized spacial score (nSPS) is 25.2. The monoisotopic (exact) mass is 361 g/mol. The van der Waals surface area contributed by atoms with E-state index in [-0.39, 0.29) is 12.4 Å². The fourth-order valence-electron chi connectivity index (χ4n) is 2.84. The molecule has 138 valence electrons. The number of aliphatic hydroxyl groups excluding tert-OH is 2. The number of aromatic nitrogens is 2. The molecular formula is C17H19N3O6. The molecule has 2 aromatic rings. The second-order valence-electron chi connectivity index (χ2n) is 5.76. The Morgan fingerprint density at radius 2 is 2.08 bits per heavy atom. The van der Waals surface area contributed by atoms with E-state index in [9.17, 15) is 19.8 Å². The highest BCUT2D eigenvalue weighted by atomic mass is 16.6. The van der Waals surface area contributed by atoms with Crippen molar-refractivity contribution < 1.29 is 24.5 Å². The summed E-state index contributed by atoms with van der Waals surface area (Å²) in [5.41, 5.74) is -0.282. The summed E-state index contributed by atoms with van der Waals surface area (Å²) in [6.07, 6.45) is -2.37. The van der Waals surface area contributed by atoms with E-state index in [4.69, 9.17) is 9.47 Å². The van der Waals surface area contributed by atoms with E-state index in [0.717, 1.165) is 4.57 Å². The summed E-state index contributed by atoms with van der Waals surface area (Å²) in [7, 11) is 1.38. The van der Waals surface area contributed by atoms with Crippen molar-refractivity contribution in [1.29, 1.82) is 0 Å². The van der Waals surface area contributed by atoms with Crippen LogP contribution in [0.2, 0.25) is 0 Å². The Balaban J connectivity index is 1.78. The Hall–Kier alpha value is -2.59. The Bertz CT molecular complexity index is 825. The molecule has 0 radical (unpaired) electrons. The highest BCUT2D eigenvalue weighted by Crippen LogP contribution is 2.29. The number of aliphatic hydroxyl groups is 2. The topological polar surface area (TPSA) is 123 Å². The van der Waals surface area contributed by atoms with Crippen molar-refractivity contribution in [3.8, 4) is 0 Å². The average molecular weight is 361 g/mol. The highest BCUT2D eigenvalue weighted by molar-refractivity contribution is 6.03. The number of ether oxygens (including phenoxy) is 2. The number of methoxy groups -OCH3 is 1. The first kappa shape index (κ1) is 18.2. The van der Waals surface area contributed by atoms with Gasteiger partial charge in [0.15, 0.2) is 6.23 Å². The lowest BCUT2D eigenvalue weighted by Crippen LogP contribution is -2.37. The van der Waals surface area contributed by atoms with Gasteiger partial charge >= 0.3 is 5.69 Å². The number of carbonyl (C=O) groups is 1. The summed E-state index contributed by atoms with van der Waals surface area (Å²) in [5, 5.41) is 22.1. The summed E-state index contributed by atoms with van der Waals surface area (Å²) in [6, 6.07) is 9.94. The summed E-state index contributed by atoms with van der Waals surface area (Å²) in [5.74, 6) is -0.318. The van der Waals surface area contributed by atoms with Gasteiger partial charge in [-0.15, -0.1) is 0 Å². The van der Waals surface area contributed by atoms with Gasteiger partial charge in [0, 0.05) is 18.9 Å². The molecule has 2 heterocycles. The number of hydrogen-bond acceptors (Lipinski definition) is 7. The second-order valence-corrected chi connectivity index (χ2v) is 5.76. The summed E-state index contributed by atoms with van der Waals surface area (Å²) in [4.78, 5) is 28.2. The number of nitrogens with one attached hydrogen (secondary N) is 1. The van der Waals surface area contributed by atoms with E-state index >= 15 is 0 Å². The Kier molecular flexibility index (Phi) is 5.43. The highest BCUT2D eigenvalue weighted by Gasteiger charge is 2.45. The molecule has 3 rings (SSSR count). The molecule has 1 aliphatic rings. The van der Waals surface area contributed by atoms with Gasteiger partial charge in [0.05, 0.1) is 6.61 Å². The maximum absolute atomic E-state index is 12.3. The van der Waals surface area contributed by atoms with Gasteiger partial charge in [0.1, 0.15) is 24.1 Å². The first-order valence-corrected chi connectivity index (χ1v) is 7.98. The van der Waals surface area contributed by atoms with E-state index in [0.29, 0.717) is 5.56 Å². The van der Waals surface area contributed by atoms with Crippen molar-refractivity contribution in [1.82, 2.24) is 9.55 Å². The minimum Gasteiger partial charge on any atom is -0.394 e. The van der Waals surface area contributed by atoms with Gasteiger partial charge in [-0.05, 0) is 18.2 Å². The molecule has 1 aliphatic heterocycles. The third kappa shape index (κ3) is 3.51. The SMILES string of the molecule is CO[C@@H]1[C@@H](O)[C@H](n2ccc(NC(=O)c3ccccc3)nc2=O)O[C@@H]1CO. The van der Waals surface area contributed by atoms with Crippen LogP contribution in [0.1, 0.15) is 16.6 Å². The lowest BCUT2D eigenvalue weighted by molar-refractivity contribution is -0.0568. The summed E-state index contributed by atoms with van der Waals surface area (Å²) >= 11 is 0. The van der Waals surface area contributed by atoms with Crippen molar-refractivity contribution in [2.45, 2.75) is 24.5 Å². The molecular weight excluding hydrogens is 342 g/mol. The van der Waals surface area contributed by atoms with Crippen molar-refractivity contribution in [3.05, 3.63) is 58.6 Å². The molecule has 1 aromatic carbocycles. The Morgan fingerprint density at radius 3 is 2.65 bits per heavy atom. The molecule has 26 heavy (non-hydrogen) atoms. The lowest BCUT2D eigenvalue weighted by atomic mass is 10.1. The minimum atomic E-state index is -1.15. The van der Waals surface area contributed by atoms with Crippen LogP contribution in [0, 0.1) is 0 Å². The van der Waals surface area contributed by atoms with Crippen LogP contribution in [0.3, 0.4) is 0 Å². The molecule has 9 heteroatoms. The van der Waals surface area contributed by atoms with Crippen LogP contribution in [-0.4, -0.2) is 57.7 Å². The predicted molar refractivity (Wildman–Crippen MR) is 90.7 cm³/mol. The third-order valence-electron chi connectivity index (χ3n) is 4.14. The van der Waals surface area contributed by atoms with Crippen LogP contribution in [0.5, 0.6) is 0 Å². The summed E-state index contributed by atoms with van der Waals surface area (Å²) < 4.78 is 11.7. The number of nitrogens with zero attached hydrogens (tertiary/aromatic N) is 2. The third-order valence-corrected chi connectivity index (χ3v) is 4.14. The number of rotatable bonds is 5. The van der Waals surface area contributed by atoms with Gasteiger partial charge in [-0.25, -0.2) is 4.79 Å². The van der Waals surface area contributed by atoms with Crippen LogP contribution < -0.4 is 11.0 Å². The fraction of sp³-hybridized carbons (Fsp3) is 0.353. The molecule has 4 atom stereocenters. The van der Waals surface area contributed by atoms with Crippen LogP contribution in [0.25, 0.3) is 0 Å². The van der Waals surface area contributed by atoms with Crippen molar-refractivity contribution in [3.63, 3.8) is 0 Å². The number of anilines is 1. The molecule has 9 nitrogen and oxygen atoms in total. The Labute approximate surface area is 148 Å². The van der Waals surface area contributed by atoms with Crippen LogP contribution >= 0.6 is 0 Å². The maximum atomic E-state index is 12.3. The number of amides is 1. The number of hydrogen-bond donors (Lipinski definition) is 3. The van der Waals surface area contributed by atoms with Crippen molar-refractivity contribution >= 4 is 11.7 Å². The maximum Gasteiger partial charge on any atom is 0.351 e. The molecule has 0 bridgehead atoms. The van der Waals surface area contributed by atoms with Crippen LogP contribution in [0.15, 0.2) is 47.4 Å². The van der Waals surface area contributed by atoms with E-state index in [1.807, 2.05) is 0 Å². The van der Waals surface area contributed by atoms with Gasteiger partial charge in [0.25, 0.3) is 5.91 Å². The molecule has 0 unspecified atom stereocenters. The number of carbonyl (C=O) groups excluding carboxylic acids is 1. The van der Waals surface area contributed by atoms with E-state index in [1.165, 1.54) is 19.4 Å². The molecule has 1 amide bonds. The zero-order chi connectivity index (χ0) is 18.7. The van der Waals surface area contributed by atoms with Gasteiger partial charge in [0.2, 0.25) is 0 Å². The van der Waals surface area contributed by atoms with E-state index in [1.54, 1.807) is 30.3 Å². The average Bonchev–Trinajstić information content (AvgIpc) is 2.98.